The van der Waals surface area contributed by atoms with Crippen LogP contribution in [0, 0.1) is 6.92 Å². The number of nitrogens with zero attached hydrogens (tertiary/aromatic N) is 4. The smallest absolute Gasteiger partial charge is 0.224 e. The Bertz CT molecular complexity index is 731. The van der Waals surface area contributed by atoms with Crippen molar-refractivity contribution in [3.05, 3.63) is 42.1 Å². The minimum absolute atomic E-state index is 0.529. The highest BCUT2D eigenvalue weighted by Crippen LogP contribution is 2.22. The lowest BCUT2D eigenvalue weighted by atomic mass is 10.1. The SMILES string of the molecule is Cc1cccc(N2CCN(c3ccnc(NC4CCCCCC4)n3)CC2)c1. The van der Waals surface area contributed by atoms with Crippen molar-refractivity contribution in [3.63, 3.8) is 0 Å². The van der Waals surface area contributed by atoms with E-state index in [2.05, 4.69) is 51.3 Å². The highest BCUT2D eigenvalue weighted by atomic mass is 15.3. The average molecular weight is 366 g/mol. The van der Waals surface area contributed by atoms with Crippen molar-refractivity contribution < 1.29 is 0 Å². The molecule has 5 heteroatoms. The molecule has 4 rings (SSSR count). The predicted octanol–water partition coefficient (Wildman–Crippen LogP) is 4.25. The normalized spacial score (nSPS) is 19.0. The molecule has 2 heterocycles. The lowest BCUT2D eigenvalue weighted by Crippen LogP contribution is -2.46. The van der Waals surface area contributed by atoms with Crippen LogP contribution in [0.25, 0.3) is 0 Å². The molecule has 1 aromatic heterocycles. The topological polar surface area (TPSA) is 44.3 Å². The third kappa shape index (κ3) is 4.71. The molecule has 1 aromatic carbocycles. The summed E-state index contributed by atoms with van der Waals surface area (Å²) >= 11 is 0. The molecule has 0 radical (unpaired) electrons. The molecular weight excluding hydrogens is 334 g/mol. The molecule has 1 aliphatic heterocycles. The summed E-state index contributed by atoms with van der Waals surface area (Å²) in [6.07, 6.45) is 9.74. The fourth-order valence-electron chi connectivity index (χ4n) is 4.22. The minimum atomic E-state index is 0.529. The summed E-state index contributed by atoms with van der Waals surface area (Å²) in [6, 6.07) is 11.4. The van der Waals surface area contributed by atoms with Gasteiger partial charge in [0.1, 0.15) is 5.82 Å². The number of nitrogens with one attached hydrogen (secondary N) is 1. The Balaban J connectivity index is 1.37. The molecule has 0 amide bonds. The number of hydrogen-bond donors (Lipinski definition) is 1. The van der Waals surface area contributed by atoms with Gasteiger partial charge in [0, 0.05) is 44.1 Å². The highest BCUT2D eigenvalue weighted by molar-refractivity contribution is 5.51. The summed E-state index contributed by atoms with van der Waals surface area (Å²) in [5, 5.41) is 3.58. The minimum Gasteiger partial charge on any atom is -0.368 e. The van der Waals surface area contributed by atoms with Crippen LogP contribution in [0.5, 0.6) is 0 Å². The Kier molecular flexibility index (Phi) is 5.75. The summed E-state index contributed by atoms with van der Waals surface area (Å²) in [6.45, 7) is 6.20. The maximum Gasteiger partial charge on any atom is 0.224 e. The van der Waals surface area contributed by atoms with Gasteiger partial charge in [0.15, 0.2) is 0 Å². The number of aryl methyl sites for hydroxylation is 1. The lowest BCUT2D eigenvalue weighted by molar-refractivity contribution is 0.613. The third-order valence-corrected chi connectivity index (χ3v) is 5.80. The predicted molar refractivity (Wildman–Crippen MR) is 113 cm³/mol. The molecule has 144 valence electrons. The van der Waals surface area contributed by atoms with Crippen LogP contribution in [0.1, 0.15) is 44.1 Å². The number of benzene rings is 1. The quantitative estimate of drug-likeness (QED) is 0.821. The van der Waals surface area contributed by atoms with Crippen molar-refractivity contribution in [1.82, 2.24) is 9.97 Å². The van der Waals surface area contributed by atoms with E-state index >= 15 is 0 Å². The first-order chi connectivity index (χ1) is 13.3. The van der Waals surface area contributed by atoms with E-state index < -0.39 is 0 Å². The monoisotopic (exact) mass is 365 g/mol. The van der Waals surface area contributed by atoms with Crippen molar-refractivity contribution in [2.24, 2.45) is 0 Å². The van der Waals surface area contributed by atoms with Crippen molar-refractivity contribution >= 4 is 17.5 Å². The second kappa shape index (κ2) is 8.59. The van der Waals surface area contributed by atoms with Gasteiger partial charge < -0.3 is 15.1 Å². The molecule has 2 aromatic rings. The first-order valence-electron chi connectivity index (χ1n) is 10.4. The summed E-state index contributed by atoms with van der Waals surface area (Å²) in [5.74, 6) is 1.84. The van der Waals surface area contributed by atoms with E-state index in [1.807, 2.05) is 12.3 Å². The lowest BCUT2D eigenvalue weighted by Gasteiger charge is -2.37. The molecule has 0 atom stereocenters. The van der Waals surface area contributed by atoms with E-state index in [9.17, 15) is 0 Å². The van der Waals surface area contributed by atoms with Crippen LogP contribution in [-0.2, 0) is 0 Å². The zero-order valence-electron chi connectivity index (χ0n) is 16.4. The van der Waals surface area contributed by atoms with Gasteiger partial charge >= 0.3 is 0 Å². The van der Waals surface area contributed by atoms with Gasteiger partial charge in [0.25, 0.3) is 0 Å². The molecule has 0 unspecified atom stereocenters. The van der Waals surface area contributed by atoms with Crippen LogP contribution < -0.4 is 15.1 Å². The van der Waals surface area contributed by atoms with E-state index in [0.717, 1.165) is 37.9 Å². The van der Waals surface area contributed by atoms with Crippen LogP contribution >= 0.6 is 0 Å². The Hall–Kier alpha value is -2.30. The molecule has 27 heavy (non-hydrogen) atoms. The van der Waals surface area contributed by atoms with Gasteiger partial charge in [0.2, 0.25) is 5.95 Å². The number of hydrogen-bond acceptors (Lipinski definition) is 5. The van der Waals surface area contributed by atoms with Gasteiger partial charge in [0.05, 0.1) is 0 Å². The van der Waals surface area contributed by atoms with Crippen molar-refractivity contribution in [1.29, 1.82) is 0 Å². The zero-order valence-corrected chi connectivity index (χ0v) is 16.4. The number of anilines is 3. The van der Waals surface area contributed by atoms with E-state index in [1.165, 1.54) is 49.8 Å². The Morgan fingerprint density at radius 1 is 0.926 bits per heavy atom. The van der Waals surface area contributed by atoms with Gasteiger partial charge in [-0.3, -0.25) is 0 Å². The van der Waals surface area contributed by atoms with E-state index in [1.54, 1.807) is 0 Å². The summed E-state index contributed by atoms with van der Waals surface area (Å²) in [7, 11) is 0. The third-order valence-electron chi connectivity index (χ3n) is 5.80. The number of rotatable bonds is 4. The van der Waals surface area contributed by atoms with Crippen LogP contribution in [0.4, 0.5) is 17.5 Å². The summed E-state index contributed by atoms with van der Waals surface area (Å²) in [5.41, 5.74) is 2.65. The Morgan fingerprint density at radius 3 is 2.41 bits per heavy atom. The zero-order chi connectivity index (χ0) is 18.5. The average Bonchev–Trinajstić information content (AvgIpc) is 2.97. The molecule has 1 aliphatic carbocycles. The van der Waals surface area contributed by atoms with Crippen molar-refractivity contribution in [2.45, 2.75) is 51.5 Å². The van der Waals surface area contributed by atoms with Crippen molar-refractivity contribution in [2.75, 3.05) is 41.3 Å². The fraction of sp³-hybridized carbons (Fsp3) is 0.545. The van der Waals surface area contributed by atoms with Crippen molar-refractivity contribution in [3.8, 4) is 0 Å². The second-order valence-corrected chi connectivity index (χ2v) is 7.88. The molecule has 0 bridgehead atoms. The van der Waals surface area contributed by atoms with Crippen LogP contribution in [-0.4, -0.2) is 42.2 Å². The summed E-state index contributed by atoms with van der Waals surface area (Å²) in [4.78, 5) is 14.1. The van der Waals surface area contributed by atoms with E-state index in [4.69, 9.17) is 4.98 Å². The summed E-state index contributed by atoms with van der Waals surface area (Å²) < 4.78 is 0. The Morgan fingerprint density at radius 2 is 1.67 bits per heavy atom. The first-order valence-corrected chi connectivity index (χ1v) is 10.4. The van der Waals surface area contributed by atoms with Crippen LogP contribution in [0.2, 0.25) is 0 Å². The van der Waals surface area contributed by atoms with Gasteiger partial charge in [-0.05, 0) is 43.5 Å². The number of piperazine rings is 1. The van der Waals surface area contributed by atoms with Gasteiger partial charge in [-0.15, -0.1) is 0 Å². The molecule has 1 N–H and O–H groups in total. The fourth-order valence-corrected chi connectivity index (χ4v) is 4.22. The van der Waals surface area contributed by atoms with Crippen LogP contribution in [0.3, 0.4) is 0 Å². The highest BCUT2D eigenvalue weighted by Gasteiger charge is 2.19. The standard InChI is InChI=1S/C22H31N5/c1-18-7-6-10-20(17-18)26-13-15-27(16-14-26)21-11-12-23-22(25-21)24-19-8-4-2-3-5-9-19/h6-7,10-12,17,19H,2-5,8-9,13-16H2,1H3,(H,23,24,25). The molecule has 0 spiro atoms. The van der Waals surface area contributed by atoms with Crippen LogP contribution in [0.15, 0.2) is 36.5 Å². The molecular formula is C22H31N5. The largest absolute Gasteiger partial charge is 0.368 e. The van der Waals surface area contributed by atoms with E-state index in [0.29, 0.717) is 6.04 Å². The molecule has 2 aliphatic rings. The maximum atomic E-state index is 4.82. The number of aromatic nitrogens is 2. The second-order valence-electron chi connectivity index (χ2n) is 7.88. The van der Waals surface area contributed by atoms with Gasteiger partial charge in [-0.2, -0.15) is 4.98 Å². The Labute approximate surface area is 162 Å². The van der Waals surface area contributed by atoms with Gasteiger partial charge in [-0.1, -0.05) is 37.8 Å². The molecule has 2 fully saturated rings. The first kappa shape index (κ1) is 18.1. The molecule has 5 nitrogen and oxygen atoms in total. The van der Waals surface area contributed by atoms with E-state index in [-0.39, 0.29) is 0 Å². The molecule has 1 saturated carbocycles. The molecule has 1 saturated heterocycles. The van der Waals surface area contributed by atoms with Gasteiger partial charge in [-0.25, -0.2) is 4.98 Å². The maximum absolute atomic E-state index is 4.82.